The molecule has 3 aromatic rings. The van der Waals surface area contributed by atoms with Gasteiger partial charge < -0.3 is 10.1 Å². The highest BCUT2D eigenvalue weighted by Gasteiger charge is 2.23. The second-order valence-corrected chi connectivity index (χ2v) is 7.75. The molecule has 166 valence electrons. The Morgan fingerprint density at radius 2 is 1.94 bits per heavy atom. The summed E-state index contributed by atoms with van der Waals surface area (Å²) in [6, 6.07) is 11.7. The van der Waals surface area contributed by atoms with Gasteiger partial charge in [-0.15, -0.1) is 0 Å². The first-order valence-electron chi connectivity index (χ1n) is 10.1. The molecule has 8 nitrogen and oxygen atoms in total. The normalized spacial score (nSPS) is 15.6. The monoisotopic (exact) mass is 458 g/mol. The van der Waals surface area contributed by atoms with E-state index in [0.717, 1.165) is 34.2 Å². The van der Waals surface area contributed by atoms with E-state index in [9.17, 15) is 18.8 Å². The van der Waals surface area contributed by atoms with Crippen LogP contribution in [0, 0.1) is 5.82 Å². The molecule has 1 saturated heterocycles. The van der Waals surface area contributed by atoms with Crippen LogP contribution < -0.4 is 16.6 Å². The summed E-state index contributed by atoms with van der Waals surface area (Å²) in [7, 11) is 0. The number of nitrogens with one attached hydrogen (secondary N) is 1. The van der Waals surface area contributed by atoms with Gasteiger partial charge in [0.25, 0.3) is 11.5 Å². The second-order valence-electron chi connectivity index (χ2n) is 7.35. The zero-order chi connectivity index (χ0) is 22.7. The van der Waals surface area contributed by atoms with Gasteiger partial charge in [-0.3, -0.25) is 14.2 Å². The average molecular weight is 459 g/mol. The van der Waals surface area contributed by atoms with Crippen molar-refractivity contribution < 1.29 is 13.9 Å². The van der Waals surface area contributed by atoms with Gasteiger partial charge in [0.1, 0.15) is 5.82 Å². The third-order valence-corrected chi connectivity index (χ3v) is 5.52. The van der Waals surface area contributed by atoms with Crippen LogP contribution in [0.3, 0.4) is 0 Å². The third-order valence-electron chi connectivity index (χ3n) is 5.15. The minimum atomic E-state index is -0.849. The lowest BCUT2D eigenvalue weighted by atomic mass is 10.2. The molecule has 10 heteroatoms. The molecule has 1 N–H and O–H groups in total. The highest BCUT2D eigenvalue weighted by Crippen LogP contribution is 2.15. The van der Waals surface area contributed by atoms with Crippen molar-refractivity contribution in [3.63, 3.8) is 0 Å². The predicted molar refractivity (Wildman–Crippen MR) is 116 cm³/mol. The molecular weight excluding hydrogens is 439 g/mol. The Kier molecular flexibility index (Phi) is 6.48. The number of carbonyl (C=O) groups is 1. The lowest BCUT2D eigenvalue weighted by molar-refractivity contribution is 0.0849. The number of benzene rings is 2. The van der Waals surface area contributed by atoms with Gasteiger partial charge in [0.2, 0.25) is 5.69 Å². The molecule has 1 fully saturated rings. The number of halogens is 2. The quantitative estimate of drug-likeness (QED) is 0.610. The van der Waals surface area contributed by atoms with Crippen molar-refractivity contribution in [2.45, 2.75) is 25.5 Å². The summed E-state index contributed by atoms with van der Waals surface area (Å²) >= 11 is 6.20. The van der Waals surface area contributed by atoms with E-state index in [-0.39, 0.29) is 24.9 Å². The first-order valence-corrected chi connectivity index (χ1v) is 10.4. The standard InChI is InChI=1S/C22H20ClFN4O4/c23-18-6-2-1-4-14(18)13-27-21(30)19(20(29)25-12-17-5-3-11-32-17)26-28(22(27)31)16-9-7-15(24)8-10-16/h1-2,4,6-10,17H,3,5,11-13H2,(H,25,29)/t17-/m0/s1. The molecule has 2 aromatic carbocycles. The summed E-state index contributed by atoms with van der Waals surface area (Å²) in [6.07, 6.45) is 1.57. The summed E-state index contributed by atoms with van der Waals surface area (Å²) in [5.41, 5.74) is -1.36. The van der Waals surface area contributed by atoms with Gasteiger partial charge in [0, 0.05) is 18.2 Å². The van der Waals surface area contributed by atoms with Crippen LogP contribution >= 0.6 is 11.6 Å². The van der Waals surface area contributed by atoms with Crippen molar-refractivity contribution in [1.82, 2.24) is 19.7 Å². The summed E-state index contributed by atoms with van der Waals surface area (Å²) in [4.78, 5) is 39.0. The van der Waals surface area contributed by atoms with Crippen LogP contribution in [0.25, 0.3) is 5.69 Å². The molecule has 4 rings (SSSR count). The van der Waals surface area contributed by atoms with E-state index in [1.807, 2.05) is 0 Å². The second kappa shape index (κ2) is 9.46. The fourth-order valence-corrected chi connectivity index (χ4v) is 3.64. The Morgan fingerprint density at radius 1 is 1.19 bits per heavy atom. The molecule has 1 aromatic heterocycles. The third kappa shape index (κ3) is 4.63. The highest BCUT2D eigenvalue weighted by molar-refractivity contribution is 6.31. The molecule has 32 heavy (non-hydrogen) atoms. The topological polar surface area (TPSA) is 95.2 Å². The minimum absolute atomic E-state index is 0.132. The molecule has 1 aliphatic rings. The van der Waals surface area contributed by atoms with E-state index < -0.39 is 28.7 Å². The van der Waals surface area contributed by atoms with E-state index >= 15 is 0 Å². The maximum atomic E-state index is 13.4. The lowest BCUT2D eigenvalue weighted by Crippen LogP contribution is -2.46. The number of ether oxygens (including phenoxy) is 1. The van der Waals surface area contributed by atoms with Gasteiger partial charge in [-0.05, 0) is 48.7 Å². The summed E-state index contributed by atoms with van der Waals surface area (Å²) < 4.78 is 20.7. The first kappa shape index (κ1) is 21.9. The van der Waals surface area contributed by atoms with Crippen LogP contribution in [0.4, 0.5) is 4.39 Å². The zero-order valence-corrected chi connectivity index (χ0v) is 17.7. The van der Waals surface area contributed by atoms with Gasteiger partial charge >= 0.3 is 5.69 Å². The Bertz CT molecular complexity index is 1250. The van der Waals surface area contributed by atoms with E-state index in [1.165, 1.54) is 12.1 Å². The number of aromatic nitrogens is 3. The molecule has 2 heterocycles. The maximum Gasteiger partial charge on any atom is 0.352 e. The van der Waals surface area contributed by atoms with Crippen molar-refractivity contribution in [1.29, 1.82) is 0 Å². The fraction of sp³-hybridized carbons (Fsp3) is 0.273. The van der Waals surface area contributed by atoms with Crippen molar-refractivity contribution >= 4 is 17.5 Å². The highest BCUT2D eigenvalue weighted by atomic mass is 35.5. The van der Waals surface area contributed by atoms with Crippen LogP contribution in [0.5, 0.6) is 0 Å². The van der Waals surface area contributed by atoms with Crippen molar-refractivity contribution in [2.75, 3.05) is 13.2 Å². The van der Waals surface area contributed by atoms with Gasteiger partial charge in [-0.25, -0.2) is 9.18 Å². The van der Waals surface area contributed by atoms with Gasteiger partial charge in [0.15, 0.2) is 0 Å². The Hall–Kier alpha value is -3.30. The maximum absolute atomic E-state index is 13.4. The molecule has 0 aliphatic carbocycles. The Labute approximate surface area is 187 Å². The van der Waals surface area contributed by atoms with Crippen LogP contribution in [-0.2, 0) is 11.3 Å². The molecule has 0 radical (unpaired) electrons. The number of rotatable bonds is 6. The van der Waals surface area contributed by atoms with Crippen molar-refractivity contribution in [3.05, 3.63) is 91.5 Å². The van der Waals surface area contributed by atoms with Gasteiger partial charge in [0.05, 0.1) is 18.3 Å². The van der Waals surface area contributed by atoms with Crippen LogP contribution in [0.15, 0.2) is 58.1 Å². The number of carbonyl (C=O) groups excluding carboxylic acids is 1. The smallest absolute Gasteiger partial charge is 0.352 e. The van der Waals surface area contributed by atoms with E-state index in [0.29, 0.717) is 17.2 Å². The van der Waals surface area contributed by atoms with Crippen molar-refractivity contribution in [2.24, 2.45) is 0 Å². The van der Waals surface area contributed by atoms with E-state index in [1.54, 1.807) is 24.3 Å². The molecule has 1 atom stereocenters. The molecule has 1 amide bonds. The lowest BCUT2D eigenvalue weighted by Gasteiger charge is -2.14. The SMILES string of the molecule is O=C(NC[C@@H]1CCCO1)c1nn(-c2ccc(F)cc2)c(=O)n(Cc2ccccc2Cl)c1=O. The van der Waals surface area contributed by atoms with Gasteiger partial charge in [-0.2, -0.15) is 9.78 Å². The number of nitrogens with zero attached hydrogens (tertiary/aromatic N) is 3. The minimum Gasteiger partial charge on any atom is -0.376 e. The molecule has 1 aliphatic heterocycles. The average Bonchev–Trinajstić information content (AvgIpc) is 3.31. The predicted octanol–water partition coefficient (Wildman–Crippen LogP) is 2.14. The van der Waals surface area contributed by atoms with Crippen LogP contribution in [0.1, 0.15) is 28.9 Å². The number of hydrogen-bond acceptors (Lipinski definition) is 5. The number of amides is 1. The Morgan fingerprint density at radius 3 is 2.62 bits per heavy atom. The molecular formula is C22H20ClFN4O4. The molecule has 0 bridgehead atoms. The Balaban J connectivity index is 1.77. The summed E-state index contributed by atoms with van der Waals surface area (Å²) in [6.45, 7) is 0.687. The molecule has 0 saturated carbocycles. The zero-order valence-electron chi connectivity index (χ0n) is 17.0. The van der Waals surface area contributed by atoms with E-state index in [2.05, 4.69) is 10.4 Å². The van der Waals surface area contributed by atoms with Crippen LogP contribution in [-0.4, -0.2) is 39.5 Å². The summed E-state index contributed by atoms with van der Waals surface area (Å²) in [5, 5.41) is 7.02. The van der Waals surface area contributed by atoms with E-state index in [4.69, 9.17) is 16.3 Å². The summed E-state index contributed by atoms with van der Waals surface area (Å²) in [5.74, 6) is -1.23. The number of hydrogen-bond donors (Lipinski definition) is 1. The van der Waals surface area contributed by atoms with Crippen LogP contribution in [0.2, 0.25) is 5.02 Å². The largest absolute Gasteiger partial charge is 0.376 e. The van der Waals surface area contributed by atoms with Crippen molar-refractivity contribution in [3.8, 4) is 5.69 Å². The first-order chi connectivity index (χ1) is 15.4. The van der Waals surface area contributed by atoms with Gasteiger partial charge in [-0.1, -0.05) is 29.8 Å². The molecule has 0 spiro atoms. The molecule has 0 unspecified atom stereocenters. The fourth-order valence-electron chi connectivity index (χ4n) is 3.44.